The zero-order valence-corrected chi connectivity index (χ0v) is 15.4. The fourth-order valence-electron chi connectivity index (χ4n) is 3.52. The summed E-state index contributed by atoms with van der Waals surface area (Å²) in [5.41, 5.74) is 7.20. The highest BCUT2D eigenvalue weighted by molar-refractivity contribution is 5.96. The Kier molecular flexibility index (Phi) is 4.50. The van der Waals surface area contributed by atoms with Gasteiger partial charge >= 0.3 is 0 Å². The Morgan fingerprint density at radius 1 is 0.429 bits per heavy atom. The van der Waals surface area contributed by atoms with E-state index >= 15 is 0 Å². The number of rotatable bonds is 3. The first-order chi connectivity index (χ1) is 13.5. The topological polar surface area (TPSA) is 60.7 Å². The third-order valence-electron chi connectivity index (χ3n) is 4.90. The maximum atomic E-state index is 9.74. The summed E-state index contributed by atoms with van der Waals surface area (Å²) in [6.07, 6.45) is 0. The summed E-state index contributed by atoms with van der Waals surface area (Å²) in [4.78, 5) is 0. The smallest absolute Gasteiger partial charge is 0.115 e. The molecule has 0 bridgehead atoms. The first-order valence-electron chi connectivity index (χ1n) is 9.05. The first kappa shape index (κ1) is 17.7. The van der Waals surface area contributed by atoms with Gasteiger partial charge in [0.25, 0.3) is 0 Å². The molecular formula is C25H20O3. The van der Waals surface area contributed by atoms with E-state index in [2.05, 4.69) is 19.1 Å². The molecule has 3 nitrogen and oxygen atoms in total. The van der Waals surface area contributed by atoms with E-state index < -0.39 is 0 Å². The van der Waals surface area contributed by atoms with Crippen molar-refractivity contribution < 1.29 is 15.3 Å². The number of phenols is 3. The Bertz CT molecular complexity index is 1110. The lowest BCUT2D eigenvalue weighted by Gasteiger charge is -2.19. The first-order valence-corrected chi connectivity index (χ1v) is 9.05. The third kappa shape index (κ3) is 3.30. The van der Waals surface area contributed by atoms with Gasteiger partial charge in [-0.25, -0.2) is 0 Å². The van der Waals surface area contributed by atoms with Crippen LogP contribution >= 0.6 is 0 Å². The molecule has 0 aliphatic carbocycles. The highest BCUT2D eigenvalue weighted by Gasteiger charge is 2.16. The van der Waals surface area contributed by atoms with Crippen LogP contribution in [0.25, 0.3) is 33.4 Å². The lowest BCUT2D eigenvalue weighted by atomic mass is 9.85. The Balaban J connectivity index is 2.04. The molecule has 28 heavy (non-hydrogen) atoms. The van der Waals surface area contributed by atoms with Crippen LogP contribution in [0.5, 0.6) is 17.2 Å². The van der Waals surface area contributed by atoms with Gasteiger partial charge in [0, 0.05) is 0 Å². The van der Waals surface area contributed by atoms with E-state index in [4.69, 9.17) is 0 Å². The second kappa shape index (κ2) is 7.12. The molecule has 0 radical (unpaired) electrons. The Hall–Kier alpha value is -3.72. The molecule has 0 heterocycles. The van der Waals surface area contributed by atoms with E-state index in [9.17, 15) is 15.3 Å². The molecule has 0 fully saturated rings. The average Bonchev–Trinajstić information content (AvgIpc) is 2.70. The van der Waals surface area contributed by atoms with E-state index in [0.717, 1.165) is 38.9 Å². The largest absolute Gasteiger partial charge is 0.508 e. The number of hydrogen-bond donors (Lipinski definition) is 3. The van der Waals surface area contributed by atoms with Gasteiger partial charge in [0.15, 0.2) is 0 Å². The quantitative estimate of drug-likeness (QED) is 0.409. The summed E-state index contributed by atoms with van der Waals surface area (Å²) in [6.45, 7) is 2.06. The summed E-state index contributed by atoms with van der Waals surface area (Å²) in [7, 11) is 0. The van der Waals surface area contributed by atoms with Crippen molar-refractivity contribution in [2.24, 2.45) is 0 Å². The predicted octanol–water partition coefficient (Wildman–Crippen LogP) is 6.11. The zero-order valence-electron chi connectivity index (χ0n) is 15.4. The molecule has 0 atom stereocenters. The number of benzene rings is 4. The minimum atomic E-state index is 0.216. The van der Waals surface area contributed by atoms with Gasteiger partial charge in [0.05, 0.1) is 0 Å². The Morgan fingerprint density at radius 2 is 0.821 bits per heavy atom. The van der Waals surface area contributed by atoms with Crippen LogP contribution < -0.4 is 0 Å². The molecule has 0 aromatic heterocycles. The molecule has 138 valence electrons. The molecule has 0 spiro atoms. The Morgan fingerprint density at radius 3 is 1.29 bits per heavy atom. The molecule has 0 aliphatic rings. The van der Waals surface area contributed by atoms with Gasteiger partial charge in [-0.3, -0.25) is 0 Å². The molecule has 0 saturated heterocycles. The minimum Gasteiger partial charge on any atom is -0.508 e. The zero-order chi connectivity index (χ0) is 19.7. The molecule has 3 heteroatoms. The van der Waals surface area contributed by atoms with E-state index in [1.54, 1.807) is 36.4 Å². The van der Waals surface area contributed by atoms with Gasteiger partial charge in [0.2, 0.25) is 0 Å². The SMILES string of the molecule is Cc1ccc(-c2ccc(O)cc2)c(-c2ccc(O)cc2)c1-c1ccc(O)cc1. The molecule has 0 unspecified atom stereocenters. The van der Waals surface area contributed by atoms with Crippen molar-refractivity contribution in [3.8, 4) is 50.6 Å². The van der Waals surface area contributed by atoms with Gasteiger partial charge in [0.1, 0.15) is 17.2 Å². The number of aromatic hydroxyl groups is 3. The molecule has 0 saturated carbocycles. The van der Waals surface area contributed by atoms with Crippen molar-refractivity contribution in [2.45, 2.75) is 6.92 Å². The molecular weight excluding hydrogens is 348 g/mol. The third-order valence-corrected chi connectivity index (χ3v) is 4.90. The fraction of sp³-hybridized carbons (Fsp3) is 0.0400. The van der Waals surface area contributed by atoms with Crippen LogP contribution in [0.15, 0.2) is 84.9 Å². The van der Waals surface area contributed by atoms with Crippen LogP contribution in [0.4, 0.5) is 0 Å². The normalized spacial score (nSPS) is 10.8. The van der Waals surface area contributed by atoms with Crippen molar-refractivity contribution in [2.75, 3.05) is 0 Å². The van der Waals surface area contributed by atoms with Crippen LogP contribution in [-0.2, 0) is 0 Å². The van der Waals surface area contributed by atoms with Crippen molar-refractivity contribution >= 4 is 0 Å². The Labute approximate surface area is 163 Å². The van der Waals surface area contributed by atoms with E-state index in [1.807, 2.05) is 36.4 Å². The number of aryl methyl sites for hydroxylation is 1. The predicted molar refractivity (Wildman–Crippen MR) is 112 cm³/mol. The molecule has 4 aromatic carbocycles. The average molecular weight is 368 g/mol. The van der Waals surface area contributed by atoms with E-state index in [1.165, 1.54) is 0 Å². The highest BCUT2D eigenvalue weighted by Crippen LogP contribution is 2.42. The van der Waals surface area contributed by atoms with Crippen molar-refractivity contribution in [3.05, 3.63) is 90.5 Å². The summed E-state index contributed by atoms with van der Waals surface area (Å²) < 4.78 is 0. The van der Waals surface area contributed by atoms with E-state index in [-0.39, 0.29) is 17.2 Å². The van der Waals surface area contributed by atoms with Gasteiger partial charge in [-0.05, 0) is 82.3 Å². The van der Waals surface area contributed by atoms with Gasteiger partial charge in [-0.15, -0.1) is 0 Å². The second-order valence-corrected chi connectivity index (χ2v) is 6.82. The van der Waals surface area contributed by atoms with E-state index in [0.29, 0.717) is 0 Å². The lowest BCUT2D eigenvalue weighted by Crippen LogP contribution is -1.93. The monoisotopic (exact) mass is 368 g/mol. The maximum Gasteiger partial charge on any atom is 0.115 e. The summed E-state index contributed by atoms with van der Waals surface area (Å²) in [5.74, 6) is 0.664. The van der Waals surface area contributed by atoms with Crippen LogP contribution in [-0.4, -0.2) is 15.3 Å². The molecule has 0 amide bonds. The lowest BCUT2D eigenvalue weighted by molar-refractivity contribution is 0.475. The summed E-state index contributed by atoms with van der Waals surface area (Å²) in [6, 6.07) is 25.6. The van der Waals surface area contributed by atoms with Gasteiger partial charge < -0.3 is 15.3 Å². The number of phenolic OH excluding ortho intramolecular Hbond substituents is 3. The highest BCUT2D eigenvalue weighted by atomic mass is 16.3. The number of hydrogen-bond acceptors (Lipinski definition) is 3. The van der Waals surface area contributed by atoms with Gasteiger partial charge in [-0.1, -0.05) is 48.5 Å². The maximum absolute atomic E-state index is 9.74. The molecule has 4 aromatic rings. The van der Waals surface area contributed by atoms with Gasteiger partial charge in [-0.2, -0.15) is 0 Å². The molecule has 0 aliphatic heterocycles. The second-order valence-electron chi connectivity index (χ2n) is 6.82. The molecule has 3 N–H and O–H groups in total. The minimum absolute atomic E-state index is 0.216. The summed E-state index contributed by atoms with van der Waals surface area (Å²) in [5, 5.41) is 29.1. The van der Waals surface area contributed by atoms with Crippen molar-refractivity contribution in [1.29, 1.82) is 0 Å². The van der Waals surface area contributed by atoms with Crippen LogP contribution in [0.3, 0.4) is 0 Å². The van der Waals surface area contributed by atoms with Crippen LogP contribution in [0.1, 0.15) is 5.56 Å². The van der Waals surface area contributed by atoms with Crippen molar-refractivity contribution in [3.63, 3.8) is 0 Å². The van der Waals surface area contributed by atoms with Crippen LogP contribution in [0.2, 0.25) is 0 Å². The fourth-order valence-corrected chi connectivity index (χ4v) is 3.52. The summed E-state index contributed by atoms with van der Waals surface area (Å²) >= 11 is 0. The van der Waals surface area contributed by atoms with Crippen molar-refractivity contribution in [1.82, 2.24) is 0 Å². The standard InChI is InChI=1S/C25H20O3/c1-16-2-15-23(17-3-9-20(26)10-4-17)25(19-7-13-22(28)14-8-19)24(16)18-5-11-21(27)12-6-18/h2-15,26-28H,1H3. The van der Waals surface area contributed by atoms with Crippen LogP contribution in [0, 0.1) is 6.92 Å². The molecule has 4 rings (SSSR count).